The van der Waals surface area contributed by atoms with Crippen LogP contribution in [0.5, 0.6) is 0 Å². The molecule has 0 aromatic heterocycles. The molecule has 0 radical (unpaired) electrons. The number of hydroxylamine groups is 2. The summed E-state index contributed by atoms with van der Waals surface area (Å²) in [5, 5.41) is 33.8. The van der Waals surface area contributed by atoms with Gasteiger partial charge in [-0.25, -0.2) is 4.79 Å². The summed E-state index contributed by atoms with van der Waals surface area (Å²) < 4.78 is 10.3. The third kappa shape index (κ3) is 13.6. The molecule has 0 aliphatic heterocycles. The van der Waals surface area contributed by atoms with Gasteiger partial charge in [-0.2, -0.15) is 0 Å². The SMILES string of the molecule is CNC(O)COCCOCC(O)CNC(O)CCC(=O)ON(C=O)C=O. The summed E-state index contributed by atoms with van der Waals surface area (Å²) >= 11 is 0. The first kappa shape index (κ1) is 24.3. The van der Waals surface area contributed by atoms with Crippen LogP contribution in [0.1, 0.15) is 12.8 Å². The number of aliphatic hydroxyl groups excluding tert-OH is 3. The molecule has 0 rings (SSSR count). The van der Waals surface area contributed by atoms with E-state index in [0.717, 1.165) is 0 Å². The lowest BCUT2D eigenvalue weighted by Crippen LogP contribution is -2.38. The van der Waals surface area contributed by atoms with E-state index in [4.69, 9.17) is 14.6 Å². The number of hydrogen-bond donors (Lipinski definition) is 5. The number of aliphatic hydroxyl groups is 3. The number of nitrogens with zero attached hydrogens (tertiary/aromatic N) is 1. The van der Waals surface area contributed by atoms with Crippen molar-refractivity contribution in [2.24, 2.45) is 0 Å². The van der Waals surface area contributed by atoms with Gasteiger partial charge in [-0.05, 0) is 13.5 Å². The van der Waals surface area contributed by atoms with Crippen molar-refractivity contribution in [2.45, 2.75) is 31.4 Å². The van der Waals surface area contributed by atoms with Crippen LogP contribution in [0.4, 0.5) is 0 Å². The minimum absolute atomic E-state index is 0.00727. The molecule has 0 spiro atoms. The zero-order valence-corrected chi connectivity index (χ0v) is 14.6. The van der Waals surface area contributed by atoms with Crippen LogP contribution in [0, 0.1) is 0 Å². The summed E-state index contributed by atoms with van der Waals surface area (Å²) in [6.07, 6.45) is -2.95. The van der Waals surface area contributed by atoms with E-state index < -0.39 is 24.5 Å². The first-order valence-corrected chi connectivity index (χ1v) is 7.93. The van der Waals surface area contributed by atoms with Crippen LogP contribution in [-0.4, -0.2) is 97.8 Å². The summed E-state index contributed by atoms with van der Waals surface area (Å²) in [4.78, 5) is 36.2. The molecule has 12 heteroatoms. The Hall–Kier alpha value is -1.67. The highest BCUT2D eigenvalue weighted by atomic mass is 16.7. The lowest BCUT2D eigenvalue weighted by Gasteiger charge is -2.16. The largest absolute Gasteiger partial charge is 0.389 e. The zero-order valence-electron chi connectivity index (χ0n) is 14.6. The quantitative estimate of drug-likeness (QED) is 0.0740. The highest BCUT2D eigenvalue weighted by molar-refractivity contribution is 5.74. The van der Waals surface area contributed by atoms with Gasteiger partial charge in [0, 0.05) is 6.54 Å². The fourth-order valence-corrected chi connectivity index (χ4v) is 1.53. The van der Waals surface area contributed by atoms with Gasteiger partial charge in [-0.3, -0.25) is 20.2 Å². The maximum atomic E-state index is 11.3. The molecule has 5 N–H and O–H groups in total. The zero-order chi connectivity index (χ0) is 19.8. The minimum atomic E-state index is -1.09. The Morgan fingerprint density at radius 3 is 2.27 bits per heavy atom. The second-order valence-electron chi connectivity index (χ2n) is 5.10. The number of amides is 2. The number of carbonyl (C=O) groups is 3. The molecule has 26 heavy (non-hydrogen) atoms. The summed E-state index contributed by atoms with van der Waals surface area (Å²) in [6, 6.07) is 0. The van der Waals surface area contributed by atoms with E-state index in [1.807, 2.05) is 0 Å². The summed E-state index contributed by atoms with van der Waals surface area (Å²) in [7, 11) is 1.59. The average molecular weight is 381 g/mol. The predicted molar refractivity (Wildman–Crippen MR) is 86.0 cm³/mol. The number of nitrogens with one attached hydrogen (secondary N) is 2. The first-order chi connectivity index (χ1) is 12.4. The van der Waals surface area contributed by atoms with E-state index in [1.54, 1.807) is 7.05 Å². The van der Waals surface area contributed by atoms with Crippen molar-refractivity contribution in [2.75, 3.05) is 40.0 Å². The van der Waals surface area contributed by atoms with Crippen LogP contribution < -0.4 is 10.6 Å². The molecule has 0 heterocycles. The van der Waals surface area contributed by atoms with Gasteiger partial charge >= 0.3 is 5.97 Å². The highest BCUT2D eigenvalue weighted by Gasteiger charge is 2.13. The molecule has 0 aliphatic carbocycles. The van der Waals surface area contributed by atoms with Crippen LogP contribution in [-0.2, 0) is 28.7 Å². The Bertz CT molecular complexity index is 392. The van der Waals surface area contributed by atoms with Gasteiger partial charge in [0.25, 0.3) is 12.8 Å². The second kappa shape index (κ2) is 15.6. The molecule has 0 bridgehead atoms. The fourth-order valence-electron chi connectivity index (χ4n) is 1.53. The Morgan fingerprint density at radius 1 is 1.08 bits per heavy atom. The standard InChI is InChI=1S/C14H27N3O9/c1-15-13(22)8-25-5-4-24-7-11(20)6-16-12(21)2-3-14(23)26-17(9-18)10-19/h9-13,15-16,20-22H,2-8H2,1H3. The number of imide groups is 1. The van der Waals surface area contributed by atoms with Gasteiger partial charge < -0.3 is 29.6 Å². The van der Waals surface area contributed by atoms with Gasteiger partial charge in [0.05, 0.1) is 39.0 Å². The molecule has 152 valence electrons. The van der Waals surface area contributed by atoms with E-state index in [-0.39, 0.29) is 63.7 Å². The van der Waals surface area contributed by atoms with Crippen LogP contribution in [0.25, 0.3) is 0 Å². The molecule has 0 saturated heterocycles. The Morgan fingerprint density at radius 2 is 1.69 bits per heavy atom. The Labute approximate surface area is 151 Å². The van der Waals surface area contributed by atoms with Crippen molar-refractivity contribution in [3.05, 3.63) is 0 Å². The van der Waals surface area contributed by atoms with Crippen molar-refractivity contribution in [1.29, 1.82) is 0 Å². The molecule has 0 saturated carbocycles. The number of rotatable bonds is 17. The summed E-state index contributed by atoms with van der Waals surface area (Å²) in [5.74, 6) is -0.864. The number of likely N-dealkylation sites (N-methyl/N-ethyl adjacent to an activating group) is 1. The van der Waals surface area contributed by atoms with Crippen LogP contribution in [0.2, 0.25) is 0 Å². The third-order valence-electron chi connectivity index (χ3n) is 2.92. The Balaban J connectivity index is 3.66. The van der Waals surface area contributed by atoms with E-state index in [0.29, 0.717) is 0 Å². The second-order valence-corrected chi connectivity index (χ2v) is 5.10. The Kier molecular flexibility index (Phi) is 14.6. The van der Waals surface area contributed by atoms with Crippen LogP contribution >= 0.6 is 0 Å². The summed E-state index contributed by atoms with van der Waals surface area (Å²) in [6.45, 7) is 0.627. The van der Waals surface area contributed by atoms with Gasteiger partial charge in [-0.15, -0.1) is 5.06 Å². The highest BCUT2D eigenvalue weighted by Crippen LogP contribution is 1.98. The lowest BCUT2D eigenvalue weighted by atomic mass is 10.2. The van der Waals surface area contributed by atoms with Crippen molar-refractivity contribution >= 4 is 18.8 Å². The third-order valence-corrected chi connectivity index (χ3v) is 2.92. The normalized spacial score (nSPS) is 14.3. The van der Waals surface area contributed by atoms with Crippen molar-refractivity contribution in [3.8, 4) is 0 Å². The van der Waals surface area contributed by atoms with E-state index >= 15 is 0 Å². The maximum Gasteiger partial charge on any atom is 0.333 e. The molecule has 2 amide bonds. The van der Waals surface area contributed by atoms with E-state index in [1.165, 1.54) is 0 Å². The van der Waals surface area contributed by atoms with Gasteiger partial charge in [0.1, 0.15) is 12.5 Å². The average Bonchev–Trinajstić information content (AvgIpc) is 2.64. The number of ether oxygens (including phenoxy) is 2. The first-order valence-electron chi connectivity index (χ1n) is 7.93. The topological polar surface area (TPSA) is 167 Å². The monoisotopic (exact) mass is 381 g/mol. The van der Waals surface area contributed by atoms with Gasteiger partial charge in [-0.1, -0.05) is 0 Å². The van der Waals surface area contributed by atoms with E-state index in [9.17, 15) is 24.6 Å². The molecule has 0 fully saturated rings. The smallest absolute Gasteiger partial charge is 0.333 e. The molecule has 0 aromatic rings. The van der Waals surface area contributed by atoms with Crippen molar-refractivity contribution < 1.29 is 44.0 Å². The number of hydrogen-bond acceptors (Lipinski definition) is 11. The molecule has 3 unspecified atom stereocenters. The predicted octanol–water partition coefficient (Wildman–Crippen LogP) is -3.32. The fraction of sp³-hybridized carbons (Fsp3) is 0.786. The molecule has 0 aromatic carbocycles. The van der Waals surface area contributed by atoms with Crippen LogP contribution in [0.3, 0.4) is 0 Å². The maximum absolute atomic E-state index is 11.3. The van der Waals surface area contributed by atoms with Gasteiger partial charge in [0.2, 0.25) is 0 Å². The minimum Gasteiger partial charge on any atom is -0.389 e. The summed E-state index contributed by atoms with van der Waals surface area (Å²) in [5.41, 5.74) is 0. The molecule has 3 atom stereocenters. The molecule has 0 aliphatic rings. The van der Waals surface area contributed by atoms with Gasteiger partial charge in [0.15, 0.2) is 0 Å². The van der Waals surface area contributed by atoms with Crippen molar-refractivity contribution in [3.63, 3.8) is 0 Å². The van der Waals surface area contributed by atoms with Crippen molar-refractivity contribution in [1.82, 2.24) is 15.7 Å². The number of carbonyl (C=O) groups excluding carboxylic acids is 3. The van der Waals surface area contributed by atoms with Crippen LogP contribution in [0.15, 0.2) is 0 Å². The molecular formula is C14H27N3O9. The van der Waals surface area contributed by atoms with E-state index in [2.05, 4.69) is 15.5 Å². The molecule has 12 nitrogen and oxygen atoms in total. The lowest BCUT2D eigenvalue weighted by molar-refractivity contribution is -0.190. The molecular weight excluding hydrogens is 354 g/mol.